The minimum Gasteiger partial charge on any atom is -0.464 e. The van der Waals surface area contributed by atoms with Gasteiger partial charge in [0.15, 0.2) is 11.2 Å². The van der Waals surface area contributed by atoms with Crippen LogP contribution in [0.1, 0.15) is 12.5 Å². The maximum Gasteiger partial charge on any atom is 0.229 e. The number of anilines is 1. The molecule has 0 bridgehead atoms. The molecule has 0 fully saturated rings. The molecular weight excluding hydrogens is 384 g/mol. The molecule has 0 unspecified atom stereocenters. The standard InChI is InChI=1S/C19H18N2O6S/c1-12(22)20-10-13-11-26-17-9-16(21-28(2,24)25)18(8-15(17)19(13)23)27-14-6-4-3-5-7-14/h3-9,11,21H,10H2,1-2H3,(H,20,22). The van der Waals surface area contributed by atoms with Crippen molar-refractivity contribution in [3.05, 3.63) is 64.5 Å². The summed E-state index contributed by atoms with van der Waals surface area (Å²) >= 11 is 0. The van der Waals surface area contributed by atoms with Gasteiger partial charge < -0.3 is 14.5 Å². The minimum absolute atomic E-state index is 0.0197. The molecule has 8 nitrogen and oxygen atoms in total. The highest BCUT2D eigenvalue weighted by molar-refractivity contribution is 7.92. The molecule has 146 valence electrons. The van der Waals surface area contributed by atoms with E-state index in [1.165, 1.54) is 25.3 Å². The lowest BCUT2D eigenvalue weighted by atomic mass is 10.1. The number of amides is 1. The number of hydrogen-bond donors (Lipinski definition) is 2. The van der Waals surface area contributed by atoms with E-state index in [2.05, 4.69) is 10.0 Å². The second-order valence-corrected chi connectivity index (χ2v) is 7.88. The number of fused-ring (bicyclic) bond motifs is 1. The van der Waals surface area contributed by atoms with E-state index in [1.807, 2.05) is 6.07 Å². The number of nitrogens with one attached hydrogen (secondary N) is 2. The molecule has 0 atom stereocenters. The van der Waals surface area contributed by atoms with Crippen molar-refractivity contribution in [2.24, 2.45) is 0 Å². The number of carbonyl (C=O) groups excluding carboxylic acids is 1. The first-order valence-electron chi connectivity index (χ1n) is 8.26. The second kappa shape index (κ2) is 7.73. The number of rotatable bonds is 6. The van der Waals surface area contributed by atoms with E-state index in [1.54, 1.807) is 24.3 Å². The smallest absolute Gasteiger partial charge is 0.229 e. The summed E-state index contributed by atoms with van der Waals surface area (Å²) in [6.07, 6.45) is 2.25. The molecule has 0 aliphatic carbocycles. The molecular formula is C19H18N2O6S. The molecule has 1 aromatic heterocycles. The molecule has 0 saturated carbocycles. The Morgan fingerprint density at radius 1 is 1.18 bits per heavy atom. The average molecular weight is 402 g/mol. The van der Waals surface area contributed by atoms with Gasteiger partial charge in [-0.2, -0.15) is 0 Å². The molecule has 1 heterocycles. The molecule has 3 rings (SSSR count). The fourth-order valence-electron chi connectivity index (χ4n) is 2.52. The topological polar surface area (TPSA) is 115 Å². The Morgan fingerprint density at radius 3 is 2.54 bits per heavy atom. The predicted octanol–water partition coefficient (Wildman–Crippen LogP) is 2.59. The van der Waals surface area contributed by atoms with Crippen LogP contribution < -0.4 is 20.2 Å². The number of sulfonamides is 1. The van der Waals surface area contributed by atoms with Crippen LogP contribution in [0.4, 0.5) is 5.69 Å². The highest BCUT2D eigenvalue weighted by Crippen LogP contribution is 2.33. The van der Waals surface area contributed by atoms with Gasteiger partial charge in [0, 0.05) is 19.5 Å². The molecule has 3 aromatic rings. The lowest BCUT2D eigenvalue weighted by Gasteiger charge is -2.13. The van der Waals surface area contributed by atoms with Gasteiger partial charge in [-0.25, -0.2) is 8.42 Å². The van der Waals surface area contributed by atoms with Gasteiger partial charge in [0.2, 0.25) is 15.9 Å². The number of carbonyl (C=O) groups is 1. The zero-order valence-electron chi connectivity index (χ0n) is 15.2. The summed E-state index contributed by atoms with van der Waals surface area (Å²) in [5.41, 5.74) is 0.232. The van der Waals surface area contributed by atoms with Crippen molar-refractivity contribution in [2.75, 3.05) is 11.0 Å². The van der Waals surface area contributed by atoms with Gasteiger partial charge in [-0.15, -0.1) is 0 Å². The lowest BCUT2D eigenvalue weighted by Crippen LogP contribution is -2.23. The fraction of sp³-hybridized carbons (Fsp3) is 0.158. The van der Waals surface area contributed by atoms with Crippen molar-refractivity contribution in [3.8, 4) is 11.5 Å². The van der Waals surface area contributed by atoms with E-state index in [4.69, 9.17) is 9.15 Å². The van der Waals surface area contributed by atoms with Crippen molar-refractivity contribution in [1.82, 2.24) is 5.32 Å². The monoisotopic (exact) mass is 402 g/mol. The van der Waals surface area contributed by atoms with Crippen LogP contribution in [0.5, 0.6) is 11.5 Å². The molecule has 0 radical (unpaired) electrons. The van der Waals surface area contributed by atoms with E-state index in [9.17, 15) is 18.0 Å². The van der Waals surface area contributed by atoms with Gasteiger partial charge in [0.25, 0.3) is 0 Å². The van der Waals surface area contributed by atoms with Crippen molar-refractivity contribution in [2.45, 2.75) is 13.5 Å². The molecule has 2 aromatic carbocycles. The van der Waals surface area contributed by atoms with Gasteiger partial charge >= 0.3 is 0 Å². The number of ether oxygens (including phenoxy) is 1. The first-order valence-corrected chi connectivity index (χ1v) is 10.2. The summed E-state index contributed by atoms with van der Waals surface area (Å²) in [6, 6.07) is 11.5. The van der Waals surface area contributed by atoms with Gasteiger partial charge in [0.1, 0.15) is 11.3 Å². The summed E-state index contributed by atoms with van der Waals surface area (Å²) in [6.45, 7) is 1.36. The second-order valence-electron chi connectivity index (χ2n) is 6.13. The van der Waals surface area contributed by atoms with E-state index in [-0.39, 0.29) is 45.9 Å². The van der Waals surface area contributed by atoms with Crippen molar-refractivity contribution < 1.29 is 22.4 Å². The molecule has 28 heavy (non-hydrogen) atoms. The highest BCUT2D eigenvalue weighted by atomic mass is 32.2. The van der Waals surface area contributed by atoms with Crippen LogP contribution >= 0.6 is 0 Å². The van der Waals surface area contributed by atoms with Crippen molar-refractivity contribution in [3.63, 3.8) is 0 Å². The van der Waals surface area contributed by atoms with Crippen LogP contribution in [-0.2, 0) is 21.4 Å². The number of hydrogen-bond acceptors (Lipinski definition) is 6. The number of benzene rings is 2. The normalized spacial score (nSPS) is 11.2. The third-order valence-corrected chi connectivity index (χ3v) is 4.33. The maximum absolute atomic E-state index is 12.7. The van der Waals surface area contributed by atoms with Crippen LogP contribution in [0.3, 0.4) is 0 Å². The SMILES string of the molecule is CC(=O)NCc1coc2cc(NS(C)(=O)=O)c(Oc3ccccc3)cc2c1=O. The van der Waals surface area contributed by atoms with Gasteiger partial charge in [0.05, 0.1) is 29.2 Å². The first-order chi connectivity index (χ1) is 13.2. The summed E-state index contributed by atoms with van der Waals surface area (Å²) in [5.74, 6) is 0.339. The van der Waals surface area contributed by atoms with Gasteiger partial charge in [-0.3, -0.25) is 14.3 Å². The Labute approximate surface area is 161 Å². The third-order valence-electron chi connectivity index (χ3n) is 3.74. The Morgan fingerprint density at radius 2 is 1.89 bits per heavy atom. The van der Waals surface area contributed by atoms with Gasteiger partial charge in [-0.1, -0.05) is 18.2 Å². The first kappa shape index (κ1) is 19.4. The van der Waals surface area contributed by atoms with Crippen molar-refractivity contribution in [1.29, 1.82) is 0 Å². The summed E-state index contributed by atoms with van der Waals surface area (Å²) in [4.78, 5) is 23.8. The van der Waals surface area contributed by atoms with E-state index in [0.717, 1.165) is 6.26 Å². The third kappa shape index (κ3) is 4.68. The minimum atomic E-state index is -3.59. The molecule has 0 aliphatic rings. The fourth-order valence-corrected chi connectivity index (χ4v) is 3.08. The highest BCUT2D eigenvalue weighted by Gasteiger charge is 2.16. The Hall–Kier alpha value is -3.33. The quantitative estimate of drug-likeness (QED) is 0.655. The number of para-hydroxylation sites is 1. The van der Waals surface area contributed by atoms with Crippen LogP contribution in [0.2, 0.25) is 0 Å². The summed E-state index contributed by atoms with van der Waals surface area (Å²) in [7, 11) is -3.59. The summed E-state index contributed by atoms with van der Waals surface area (Å²) in [5, 5.41) is 2.74. The zero-order valence-corrected chi connectivity index (χ0v) is 16.0. The zero-order chi connectivity index (χ0) is 20.3. The average Bonchev–Trinajstić information content (AvgIpc) is 2.62. The molecule has 0 aliphatic heterocycles. The molecule has 0 saturated heterocycles. The molecule has 1 amide bonds. The Kier molecular flexibility index (Phi) is 5.36. The predicted molar refractivity (Wildman–Crippen MR) is 105 cm³/mol. The molecule has 0 spiro atoms. The van der Waals surface area contributed by atoms with Crippen LogP contribution in [0.25, 0.3) is 11.0 Å². The van der Waals surface area contributed by atoms with E-state index >= 15 is 0 Å². The molecule has 9 heteroatoms. The maximum atomic E-state index is 12.7. The lowest BCUT2D eigenvalue weighted by molar-refractivity contribution is -0.119. The largest absolute Gasteiger partial charge is 0.464 e. The van der Waals surface area contributed by atoms with Crippen molar-refractivity contribution >= 4 is 32.6 Å². The summed E-state index contributed by atoms with van der Waals surface area (Å²) < 4.78 is 37.0. The molecule has 2 N–H and O–H groups in total. The van der Waals surface area contributed by atoms with Gasteiger partial charge in [-0.05, 0) is 18.2 Å². The van der Waals surface area contributed by atoms with E-state index < -0.39 is 10.0 Å². The Balaban J connectivity index is 2.12. The van der Waals surface area contributed by atoms with Crippen LogP contribution in [-0.4, -0.2) is 20.6 Å². The van der Waals surface area contributed by atoms with Crippen LogP contribution in [0.15, 0.2) is 57.9 Å². The Bertz CT molecular complexity index is 1190. The van der Waals surface area contributed by atoms with E-state index in [0.29, 0.717) is 5.75 Å². The van der Waals surface area contributed by atoms with Crippen LogP contribution in [0, 0.1) is 0 Å².